The van der Waals surface area contributed by atoms with Crippen LogP contribution in [0.15, 0.2) is 37.2 Å². The van der Waals surface area contributed by atoms with E-state index in [1.165, 1.54) is 24.5 Å². The Morgan fingerprint density at radius 1 is 1.38 bits per heavy atom. The third-order valence-electron chi connectivity index (χ3n) is 4.50. The van der Waals surface area contributed by atoms with Gasteiger partial charge in [-0.25, -0.2) is 14.4 Å². The molecule has 1 aromatic carbocycles. The molecule has 1 aliphatic rings. The van der Waals surface area contributed by atoms with Crippen molar-refractivity contribution in [3.05, 3.63) is 48.6 Å². The second-order valence-electron chi connectivity index (χ2n) is 6.24. The number of carbonyl (C=O) groups is 1. The summed E-state index contributed by atoms with van der Waals surface area (Å²) in [5.74, 6) is 0.130. The predicted octanol–water partition coefficient (Wildman–Crippen LogP) is 2.73. The van der Waals surface area contributed by atoms with Crippen molar-refractivity contribution in [1.29, 1.82) is 0 Å². The molecule has 0 bridgehead atoms. The number of hydrogen-bond donors (Lipinski definition) is 1. The zero-order chi connectivity index (χ0) is 18.7. The minimum atomic E-state index is -0.357. The van der Waals surface area contributed by atoms with Crippen molar-refractivity contribution in [2.24, 2.45) is 0 Å². The number of aryl methyl sites for hydroxylation is 1. The number of halogens is 1. The first-order chi connectivity index (χ1) is 12.5. The quantitative estimate of drug-likeness (QED) is 0.852. The molecule has 26 heavy (non-hydrogen) atoms. The van der Waals surface area contributed by atoms with Gasteiger partial charge in [0.05, 0.1) is 0 Å². The number of ether oxygens (including phenoxy) is 1. The summed E-state index contributed by atoms with van der Waals surface area (Å²) in [6.45, 7) is 6.54. The largest absolute Gasteiger partial charge is 0.484 e. The van der Waals surface area contributed by atoms with Gasteiger partial charge in [0.15, 0.2) is 11.6 Å². The van der Waals surface area contributed by atoms with Crippen LogP contribution in [0.4, 0.5) is 10.2 Å². The summed E-state index contributed by atoms with van der Waals surface area (Å²) >= 11 is 0. The minimum Gasteiger partial charge on any atom is -0.484 e. The fourth-order valence-electron chi connectivity index (χ4n) is 3.03. The summed E-state index contributed by atoms with van der Waals surface area (Å²) in [7, 11) is 0. The second-order valence-corrected chi connectivity index (χ2v) is 6.24. The van der Waals surface area contributed by atoms with Crippen LogP contribution in [0.3, 0.4) is 0 Å². The summed E-state index contributed by atoms with van der Waals surface area (Å²) in [5.41, 5.74) is 7.97. The average molecular weight is 356 g/mol. The maximum Gasteiger partial charge on any atom is 0.245 e. The molecule has 1 saturated heterocycles. The summed E-state index contributed by atoms with van der Waals surface area (Å²) in [6, 6.07) is 4.50. The number of likely N-dealkylation sites (tertiary alicyclic amines) is 1. The number of benzene rings is 1. The molecule has 2 heterocycles. The number of nitrogens with zero attached hydrogens (tertiary/aromatic N) is 3. The number of carbonyl (C=O) groups excluding carboxylic acids is 1. The van der Waals surface area contributed by atoms with E-state index in [-0.39, 0.29) is 23.6 Å². The Hall–Kier alpha value is -2.96. The van der Waals surface area contributed by atoms with Crippen molar-refractivity contribution in [2.45, 2.75) is 25.9 Å². The molecular formula is C19H21FN4O2. The first-order valence-corrected chi connectivity index (χ1v) is 8.44. The topological polar surface area (TPSA) is 81.3 Å². The van der Waals surface area contributed by atoms with Crippen molar-refractivity contribution >= 4 is 11.7 Å². The highest BCUT2D eigenvalue weighted by molar-refractivity contribution is 5.87. The molecule has 0 radical (unpaired) electrons. The van der Waals surface area contributed by atoms with Crippen LogP contribution in [0.5, 0.6) is 5.75 Å². The molecule has 2 aromatic rings. The number of amides is 1. The summed E-state index contributed by atoms with van der Waals surface area (Å²) in [5, 5.41) is 0. The average Bonchev–Trinajstić information content (AvgIpc) is 2.65. The molecule has 7 heteroatoms. The lowest BCUT2D eigenvalue weighted by atomic mass is 10.0. The van der Waals surface area contributed by atoms with Gasteiger partial charge in [-0.2, -0.15) is 0 Å². The van der Waals surface area contributed by atoms with Crippen LogP contribution in [0, 0.1) is 12.7 Å². The Balaban J connectivity index is 1.84. The SMILES string of the molecule is C=CC(=O)N1CCC(Oc2c(N)ncnc2-c2cc(F)ccc2C)CC1. The third-order valence-corrected chi connectivity index (χ3v) is 4.50. The zero-order valence-electron chi connectivity index (χ0n) is 14.6. The Morgan fingerprint density at radius 3 is 2.81 bits per heavy atom. The van der Waals surface area contributed by atoms with Gasteiger partial charge in [0, 0.05) is 31.5 Å². The lowest BCUT2D eigenvalue weighted by molar-refractivity contribution is -0.127. The maximum atomic E-state index is 13.7. The maximum absolute atomic E-state index is 13.7. The Bertz CT molecular complexity index is 832. The van der Waals surface area contributed by atoms with E-state index in [4.69, 9.17) is 10.5 Å². The fourth-order valence-corrected chi connectivity index (χ4v) is 3.03. The van der Waals surface area contributed by atoms with Crippen molar-refractivity contribution < 1.29 is 13.9 Å². The van der Waals surface area contributed by atoms with Gasteiger partial charge < -0.3 is 15.4 Å². The molecule has 0 aliphatic carbocycles. The Morgan fingerprint density at radius 2 is 2.12 bits per heavy atom. The van der Waals surface area contributed by atoms with Crippen molar-refractivity contribution in [3.8, 4) is 17.0 Å². The van der Waals surface area contributed by atoms with Gasteiger partial charge in [-0.05, 0) is 30.7 Å². The number of nitrogen functional groups attached to an aromatic ring is 1. The van der Waals surface area contributed by atoms with Crippen molar-refractivity contribution in [3.63, 3.8) is 0 Å². The highest BCUT2D eigenvalue weighted by Gasteiger charge is 2.25. The van der Waals surface area contributed by atoms with Crippen LogP contribution in [0.2, 0.25) is 0 Å². The molecule has 0 atom stereocenters. The molecular weight excluding hydrogens is 335 g/mol. The van der Waals surface area contributed by atoms with E-state index in [0.717, 1.165) is 5.56 Å². The fraction of sp³-hybridized carbons (Fsp3) is 0.316. The van der Waals surface area contributed by atoms with Gasteiger partial charge in [-0.3, -0.25) is 4.79 Å². The standard InChI is InChI=1S/C19H21FN4O2/c1-3-16(25)24-8-6-14(7-9-24)26-18-17(22-11-23-19(18)21)15-10-13(20)5-4-12(15)2/h3-5,10-11,14H,1,6-9H2,2H3,(H2,21,22,23). The highest BCUT2D eigenvalue weighted by atomic mass is 19.1. The normalized spacial score (nSPS) is 14.9. The molecule has 136 valence electrons. The van der Waals surface area contributed by atoms with E-state index in [0.29, 0.717) is 42.9 Å². The van der Waals surface area contributed by atoms with Crippen LogP contribution in [-0.2, 0) is 4.79 Å². The molecule has 1 fully saturated rings. The van der Waals surface area contributed by atoms with E-state index in [9.17, 15) is 9.18 Å². The monoisotopic (exact) mass is 356 g/mol. The van der Waals surface area contributed by atoms with Crippen molar-refractivity contribution in [1.82, 2.24) is 14.9 Å². The van der Waals surface area contributed by atoms with E-state index in [1.807, 2.05) is 6.92 Å². The first kappa shape index (κ1) is 17.8. The molecule has 1 aliphatic heterocycles. The van der Waals surface area contributed by atoms with E-state index in [1.54, 1.807) is 11.0 Å². The molecule has 2 N–H and O–H groups in total. The number of aromatic nitrogens is 2. The molecule has 0 unspecified atom stereocenters. The lowest BCUT2D eigenvalue weighted by Gasteiger charge is -2.32. The van der Waals surface area contributed by atoms with Gasteiger partial charge in [0.25, 0.3) is 0 Å². The van der Waals surface area contributed by atoms with Crippen LogP contribution >= 0.6 is 0 Å². The molecule has 1 aromatic heterocycles. The lowest BCUT2D eigenvalue weighted by Crippen LogP contribution is -2.41. The van der Waals surface area contributed by atoms with Gasteiger partial charge in [0.2, 0.25) is 5.91 Å². The Labute approximate surface area is 151 Å². The van der Waals surface area contributed by atoms with Gasteiger partial charge in [-0.15, -0.1) is 0 Å². The molecule has 0 saturated carbocycles. The van der Waals surface area contributed by atoms with E-state index in [2.05, 4.69) is 16.5 Å². The summed E-state index contributed by atoms with van der Waals surface area (Å²) < 4.78 is 19.8. The molecule has 1 amide bonds. The van der Waals surface area contributed by atoms with Crippen LogP contribution in [0.25, 0.3) is 11.3 Å². The zero-order valence-corrected chi connectivity index (χ0v) is 14.6. The first-order valence-electron chi connectivity index (χ1n) is 8.44. The molecule has 0 spiro atoms. The molecule has 6 nitrogen and oxygen atoms in total. The number of rotatable bonds is 4. The van der Waals surface area contributed by atoms with E-state index >= 15 is 0 Å². The van der Waals surface area contributed by atoms with Gasteiger partial charge >= 0.3 is 0 Å². The predicted molar refractivity (Wildman–Crippen MR) is 97.0 cm³/mol. The second kappa shape index (κ2) is 7.51. The summed E-state index contributed by atoms with van der Waals surface area (Å²) in [6.07, 6.45) is 3.86. The van der Waals surface area contributed by atoms with Gasteiger partial charge in [-0.1, -0.05) is 12.6 Å². The third kappa shape index (κ3) is 3.66. The number of hydrogen-bond acceptors (Lipinski definition) is 5. The van der Waals surface area contributed by atoms with Gasteiger partial charge in [0.1, 0.15) is 23.9 Å². The van der Waals surface area contributed by atoms with Crippen LogP contribution in [-0.4, -0.2) is 40.0 Å². The Kier molecular flexibility index (Phi) is 5.16. The van der Waals surface area contributed by atoms with Crippen LogP contribution < -0.4 is 10.5 Å². The minimum absolute atomic E-state index is 0.0814. The molecule has 3 rings (SSSR count). The van der Waals surface area contributed by atoms with Crippen LogP contribution in [0.1, 0.15) is 18.4 Å². The number of piperidine rings is 1. The summed E-state index contributed by atoms with van der Waals surface area (Å²) in [4.78, 5) is 21.7. The number of anilines is 1. The van der Waals surface area contributed by atoms with E-state index < -0.39 is 0 Å². The highest BCUT2D eigenvalue weighted by Crippen LogP contribution is 2.35. The smallest absolute Gasteiger partial charge is 0.245 e. The van der Waals surface area contributed by atoms with Crippen molar-refractivity contribution in [2.75, 3.05) is 18.8 Å². The number of nitrogens with two attached hydrogens (primary N) is 1.